The highest BCUT2D eigenvalue weighted by molar-refractivity contribution is 6.48. The van der Waals surface area contributed by atoms with E-state index in [1.54, 1.807) is 24.3 Å². The first-order chi connectivity index (χ1) is 8.99. The monoisotopic (exact) mass is 317 g/mol. The van der Waals surface area contributed by atoms with Crippen LogP contribution in [0.15, 0.2) is 36.4 Å². The normalized spacial score (nSPS) is 12.3. The van der Waals surface area contributed by atoms with Crippen molar-refractivity contribution in [2.45, 2.75) is 13.0 Å². The fourth-order valence-corrected chi connectivity index (χ4v) is 2.49. The van der Waals surface area contributed by atoms with Crippen LogP contribution in [0.3, 0.4) is 0 Å². The van der Waals surface area contributed by atoms with E-state index in [9.17, 15) is 4.39 Å². The number of hydrogen-bond donors (Lipinski definition) is 1. The number of nitrogens with one attached hydrogen (secondary N) is 1. The molecule has 1 unspecified atom stereocenters. The summed E-state index contributed by atoms with van der Waals surface area (Å²) in [7, 11) is 0. The van der Waals surface area contributed by atoms with E-state index in [2.05, 4.69) is 5.32 Å². The second kappa shape index (κ2) is 6.00. The van der Waals surface area contributed by atoms with Gasteiger partial charge in [0.2, 0.25) is 0 Å². The van der Waals surface area contributed by atoms with Crippen LogP contribution in [-0.4, -0.2) is 0 Å². The van der Waals surface area contributed by atoms with E-state index in [0.29, 0.717) is 20.8 Å². The Balaban J connectivity index is 2.25. The summed E-state index contributed by atoms with van der Waals surface area (Å²) in [5.74, 6) is -0.294. The minimum absolute atomic E-state index is 0.121. The van der Waals surface area contributed by atoms with Gasteiger partial charge in [-0.25, -0.2) is 4.39 Å². The quantitative estimate of drug-likeness (QED) is 0.689. The Labute approximate surface area is 126 Å². The summed E-state index contributed by atoms with van der Waals surface area (Å²) in [6.45, 7) is 1.91. The highest BCUT2D eigenvalue weighted by atomic mass is 35.5. The average molecular weight is 319 g/mol. The Morgan fingerprint density at radius 2 is 1.79 bits per heavy atom. The number of rotatable bonds is 3. The Kier molecular flexibility index (Phi) is 4.56. The molecule has 0 aliphatic carbocycles. The van der Waals surface area contributed by atoms with Crippen LogP contribution in [0.2, 0.25) is 15.1 Å². The van der Waals surface area contributed by atoms with Crippen molar-refractivity contribution in [3.8, 4) is 0 Å². The second-order valence-electron chi connectivity index (χ2n) is 4.14. The summed E-state index contributed by atoms with van der Waals surface area (Å²) < 4.78 is 13.1. The van der Waals surface area contributed by atoms with Gasteiger partial charge in [0, 0.05) is 5.69 Å². The molecule has 0 amide bonds. The van der Waals surface area contributed by atoms with Gasteiger partial charge in [0.05, 0.1) is 21.1 Å². The van der Waals surface area contributed by atoms with Gasteiger partial charge < -0.3 is 5.32 Å². The maximum absolute atomic E-state index is 13.1. The molecule has 2 rings (SSSR count). The van der Waals surface area contributed by atoms with Gasteiger partial charge in [-0.15, -0.1) is 0 Å². The van der Waals surface area contributed by atoms with Gasteiger partial charge in [-0.05, 0) is 36.8 Å². The van der Waals surface area contributed by atoms with Gasteiger partial charge in [0.1, 0.15) is 5.82 Å². The molecular formula is C14H11Cl3FN. The van der Waals surface area contributed by atoms with E-state index in [4.69, 9.17) is 34.8 Å². The molecule has 0 saturated carbocycles. The summed E-state index contributed by atoms with van der Waals surface area (Å²) in [6, 6.07) is 9.60. The van der Waals surface area contributed by atoms with Gasteiger partial charge in [-0.2, -0.15) is 0 Å². The fourth-order valence-electron chi connectivity index (χ4n) is 1.78. The van der Waals surface area contributed by atoms with Crippen LogP contribution in [0.1, 0.15) is 18.5 Å². The first-order valence-electron chi connectivity index (χ1n) is 5.64. The number of halogens is 4. The minimum atomic E-state index is -0.294. The molecule has 0 fully saturated rings. The molecular weight excluding hydrogens is 308 g/mol. The molecule has 100 valence electrons. The lowest BCUT2D eigenvalue weighted by atomic mass is 10.1. The van der Waals surface area contributed by atoms with Crippen LogP contribution < -0.4 is 5.32 Å². The average Bonchev–Trinajstić information content (AvgIpc) is 2.36. The van der Waals surface area contributed by atoms with Crippen LogP contribution in [0, 0.1) is 5.82 Å². The third-order valence-electron chi connectivity index (χ3n) is 2.74. The maximum atomic E-state index is 13.1. The van der Waals surface area contributed by atoms with E-state index < -0.39 is 0 Å². The minimum Gasteiger partial charge on any atom is -0.378 e. The smallest absolute Gasteiger partial charge is 0.125 e. The van der Waals surface area contributed by atoms with E-state index in [0.717, 1.165) is 5.56 Å². The van der Waals surface area contributed by atoms with Crippen LogP contribution in [0.4, 0.5) is 10.1 Å². The van der Waals surface area contributed by atoms with Gasteiger partial charge >= 0.3 is 0 Å². The first kappa shape index (κ1) is 14.4. The highest BCUT2D eigenvalue weighted by Gasteiger charge is 2.14. The van der Waals surface area contributed by atoms with Crippen molar-refractivity contribution >= 4 is 40.5 Å². The Morgan fingerprint density at radius 1 is 1.05 bits per heavy atom. The standard InChI is InChI=1S/C14H11Cl3FN/c1-8(19-10-4-2-3-9(18)7-10)11-5-6-12(15)14(17)13(11)16/h2-8,19H,1H3. The van der Waals surface area contributed by atoms with E-state index in [-0.39, 0.29) is 11.9 Å². The van der Waals surface area contributed by atoms with Crippen LogP contribution in [-0.2, 0) is 0 Å². The van der Waals surface area contributed by atoms with Crippen LogP contribution in [0.25, 0.3) is 0 Å². The lowest BCUT2D eigenvalue weighted by Gasteiger charge is -2.18. The predicted octanol–water partition coefficient (Wildman–Crippen LogP) is 5.96. The fraction of sp³-hybridized carbons (Fsp3) is 0.143. The zero-order valence-electron chi connectivity index (χ0n) is 10.1. The topological polar surface area (TPSA) is 12.0 Å². The first-order valence-corrected chi connectivity index (χ1v) is 6.78. The van der Waals surface area contributed by atoms with Gasteiger partial charge in [0.25, 0.3) is 0 Å². The molecule has 0 aliphatic rings. The Morgan fingerprint density at radius 3 is 2.47 bits per heavy atom. The molecule has 1 N–H and O–H groups in total. The van der Waals surface area contributed by atoms with Crippen molar-refractivity contribution in [2.75, 3.05) is 5.32 Å². The van der Waals surface area contributed by atoms with Crippen LogP contribution in [0.5, 0.6) is 0 Å². The van der Waals surface area contributed by atoms with Crippen molar-refractivity contribution in [2.24, 2.45) is 0 Å². The summed E-state index contributed by atoms with van der Waals surface area (Å²) in [6.07, 6.45) is 0. The zero-order valence-corrected chi connectivity index (χ0v) is 12.3. The molecule has 0 aromatic heterocycles. The molecule has 0 aliphatic heterocycles. The molecule has 2 aromatic rings. The third kappa shape index (κ3) is 3.33. The SMILES string of the molecule is CC(Nc1cccc(F)c1)c1ccc(Cl)c(Cl)c1Cl. The number of hydrogen-bond acceptors (Lipinski definition) is 1. The van der Waals surface area contributed by atoms with Crippen molar-refractivity contribution in [3.63, 3.8) is 0 Å². The van der Waals surface area contributed by atoms with Gasteiger partial charge in [0.15, 0.2) is 0 Å². The van der Waals surface area contributed by atoms with Gasteiger partial charge in [-0.1, -0.05) is 46.9 Å². The molecule has 19 heavy (non-hydrogen) atoms. The van der Waals surface area contributed by atoms with Crippen molar-refractivity contribution in [3.05, 3.63) is 62.8 Å². The molecule has 0 saturated heterocycles. The predicted molar refractivity (Wildman–Crippen MR) is 79.9 cm³/mol. The molecule has 2 aromatic carbocycles. The molecule has 0 radical (unpaired) electrons. The lowest BCUT2D eigenvalue weighted by molar-refractivity contribution is 0.628. The molecule has 5 heteroatoms. The Hall–Kier alpha value is -0.960. The Bertz CT molecular complexity index is 601. The van der Waals surface area contributed by atoms with E-state index in [1.807, 2.05) is 6.92 Å². The van der Waals surface area contributed by atoms with Gasteiger partial charge in [-0.3, -0.25) is 0 Å². The summed E-state index contributed by atoms with van der Waals surface area (Å²) in [4.78, 5) is 0. The summed E-state index contributed by atoms with van der Waals surface area (Å²) in [5.41, 5.74) is 1.48. The summed E-state index contributed by atoms with van der Waals surface area (Å²) >= 11 is 18.0. The number of benzene rings is 2. The van der Waals surface area contributed by atoms with E-state index in [1.165, 1.54) is 12.1 Å². The van der Waals surface area contributed by atoms with Crippen molar-refractivity contribution in [1.29, 1.82) is 0 Å². The maximum Gasteiger partial charge on any atom is 0.125 e. The zero-order chi connectivity index (χ0) is 14.0. The number of anilines is 1. The molecule has 1 atom stereocenters. The highest BCUT2D eigenvalue weighted by Crippen LogP contribution is 2.36. The van der Waals surface area contributed by atoms with Crippen molar-refractivity contribution < 1.29 is 4.39 Å². The summed E-state index contributed by atoms with van der Waals surface area (Å²) in [5, 5.41) is 4.31. The second-order valence-corrected chi connectivity index (χ2v) is 5.30. The molecule has 0 heterocycles. The third-order valence-corrected chi connectivity index (χ3v) is 4.05. The van der Waals surface area contributed by atoms with Crippen molar-refractivity contribution in [1.82, 2.24) is 0 Å². The molecule has 0 spiro atoms. The lowest BCUT2D eigenvalue weighted by Crippen LogP contribution is -2.07. The largest absolute Gasteiger partial charge is 0.378 e. The molecule has 1 nitrogen and oxygen atoms in total. The van der Waals surface area contributed by atoms with Crippen LogP contribution >= 0.6 is 34.8 Å². The van der Waals surface area contributed by atoms with E-state index >= 15 is 0 Å². The molecule has 0 bridgehead atoms.